The Bertz CT molecular complexity index is 936. The maximum absolute atomic E-state index is 12.3. The minimum atomic E-state index is -0.315. The van der Waals surface area contributed by atoms with Crippen LogP contribution in [0.2, 0.25) is 5.02 Å². The number of halogens is 1. The molecule has 2 heterocycles. The van der Waals surface area contributed by atoms with Crippen LogP contribution in [0.4, 0.5) is 0 Å². The van der Waals surface area contributed by atoms with E-state index in [0.717, 1.165) is 21.8 Å². The molecule has 0 aliphatic rings. The molecule has 3 aromatic rings. The van der Waals surface area contributed by atoms with Crippen molar-refractivity contribution in [3.05, 3.63) is 70.1 Å². The first-order valence-electron chi connectivity index (χ1n) is 8.83. The van der Waals surface area contributed by atoms with Crippen molar-refractivity contribution in [2.24, 2.45) is 0 Å². The van der Waals surface area contributed by atoms with Crippen molar-refractivity contribution in [2.45, 2.75) is 39.8 Å². The van der Waals surface area contributed by atoms with Gasteiger partial charge in [-0.15, -0.1) is 0 Å². The number of rotatable bonds is 7. The van der Waals surface area contributed by atoms with Crippen LogP contribution in [0.3, 0.4) is 0 Å². The lowest BCUT2D eigenvalue weighted by atomic mass is 10.1. The zero-order chi connectivity index (χ0) is 20.1. The number of ether oxygens (including phenoxy) is 1. The second-order valence-corrected chi connectivity index (χ2v) is 6.99. The number of nitrogens with one attached hydrogen (secondary N) is 1. The molecule has 0 aliphatic carbocycles. The van der Waals surface area contributed by atoms with Crippen molar-refractivity contribution in [1.82, 2.24) is 20.4 Å². The van der Waals surface area contributed by atoms with E-state index in [-0.39, 0.29) is 24.2 Å². The largest absolute Gasteiger partial charge is 0.486 e. The Kier molecular flexibility index (Phi) is 6.26. The van der Waals surface area contributed by atoms with Crippen molar-refractivity contribution in [2.75, 3.05) is 0 Å². The lowest BCUT2D eigenvalue weighted by Crippen LogP contribution is -2.34. The van der Waals surface area contributed by atoms with E-state index >= 15 is 0 Å². The van der Waals surface area contributed by atoms with Crippen molar-refractivity contribution in [1.29, 1.82) is 0 Å². The molecule has 1 N–H and O–H groups in total. The Hall–Kier alpha value is -2.93. The van der Waals surface area contributed by atoms with Gasteiger partial charge in [-0.3, -0.25) is 14.8 Å². The number of nitrogens with zero attached hydrogens (tertiary/aromatic N) is 3. The second kappa shape index (κ2) is 8.84. The summed E-state index contributed by atoms with van der Waals surface area (Å²) >= 11 is 6.16. The highest BCUT2D eigenvalue weighted by molar-refractivity contribution is 6.32. The smallest absolute Gasteiger partial charge is 0.273 e. The van der Waals surface area contributed by atoms with E-state index in [1.54, 1.807) is 24.7 Å². The minimum absolute atomic E-state index is 0.124. The summed E-state index contributed by atoms with van der Waals surface area (Å²) in [6.45, 7) is 5.89. The van der Waals surface area contributed by atoms with E-state index in [2.05, 4.69) is 20.4 Å². The number of benzene rings is 1. The van der Waals surface area contributed by atoms with Crippen molar-refractivity contribution < 1.29 is 14.1 Å². The van der Waals surface area contributed by atoms with Gasteiger partial charge >= 0.3 is 0 Å². The lowest BCUT2D eigenvalue weighted by molar-refractivity contribution is 0.0930. The van der Waals surface area contributed by atoms with E-state index in [9.17, 15) is 4.79 Å². The van der Waals surface area contributed by atoms with Gasteiger partial charge in [0.1, 0.15) is 12.4 Å². The molecular weight excluding hydrogens is 380 g/mol. The molecule has 0 radical (unpaired) electrons. The summed E-state index contributed by atoms with van der Waals surface area (Å²) in [5.41, 5.74) is 2.88. The normalized spacial score (nSPS) is 11.9. The summed E-state index contributed by atoms with van der Waals surface area (Å²) < 4.78 is 10.9. The number of aryl methyl sites for hydroxylation is 2. The third kappa shape index (κ3) is 5.07. The van der Waals surface area contributed by atoms with Crippen molar-refractivity contribution in [3.8, 4) is 5.75 Å². The van der Waals surface area contributed by atoms with Gasteiger partial charge in [0, 0.05) is 42.1 Å². The summed E-state index contributed by atoms with van der Waals surface area (Å²) in [7, 11) is 0. The Morgan fingerprint density at radius 3 is 2.68 bits per heavy atom. The van der Waals surface area contributed by atoms with Gasteiger partial charge in [0.25, 0.3) is 5.91 Å². The monoisotopic (exact) mass is 400 g/mol. The van der Waals surface area contributed by atoms with Crippen molar-refractivity contribution >= 4 is 17.5 Å². The maximum atomic E-state index is 12.3. The standard InChI is InChI=1S/C20H21ClN4O3/c1-12-6-16(7-13(2)19(12)21)27-11-17-9-18(25-28-17)20(26)24-14(3)8-15-10-22-4-5-23-15/h4-7,9-10,14H,8,11H2,1-3H3,(H,24,26)/t14-/m0/s1. The fourth-order valence-corrected chi connectivity index (χ4v) is 2.84. The summed E-state index contributed by atoms with van der Waals surface area (Å²) in [6.07, 6.45) is 5.48. The van der Waals surface area contributed by atoms with Crippen LogP contribution in [-0.4, -0.2) is 27.1 Å². The highest BCUT2D eigenvalue weighted by atomic mass is 35.5. The molecular formula is C20H21ClN4O3. The first-order chi connectivity index (χ1) is 13.4. The maximum Gasteiger partial charge on any atom is 0.273 e. The van der Waals surface area contributed by atoms with E-state index in [4.69, 9.17) is 20.9 Å². The molecule has 146 valence electrons. The first-order valence-corrected chi connectivity index (χ1v) is 9.21. The molecule has 1 aromatic carbocycles. The van der Waals surface area contributed by atoms with Gasteiger partial charge in [0.05, 0.1) is 5.69 Å². The Morgan fingerprint density at radius 2 is 2.00 bits per heavy atom. The highest BCUT2D eigenvalue weighted by Gasteiger charge is 2.16. The van der Waals surface area contributed by atoms with Crippen LogP contribution in [0.1, 0.15) is 40.0 Å². The number of carbonyl (C=O) groups excluding carboxylic acids is 1. The predicted molar refractivity (Wildman–Crippen MR) is 104 cm³/mol. The topological polar surface area (TPSA) is 90.1 Å². The number of aromatic nitrogens is 3. The van der Waals surface area contributed by atoms with Crippen molar-refractivity contribution in [3.63, 3.8) is 0 Å². The van der Waals surface area contributed by atoms with Crippen LogP contribution in [0, 0.1) is 13.8 Å². The van der Waals surface area contributed by atoms with Crippen LogP contribution in [0.25, 0.3) is 0 Å². The van der Waals surface area contributed by atoms with Crippen LogP contribution in [-0.2, 0) is 13.0 Å². The van der Waals surface area contributed by atoms with E-state index in [1.165, 1.54) is 0 Å². The molecule has 7 nitrogen and oxygen atoms in total. The summed E-state index contributed by atoms with van der Waals surface area (Å²) in [5.74, 6) is 0.820. The van der Waals surface area contributed by atoms with Crippen LogP contribution in [0.5, 0.6) is 5.75 Å². The van der Waals surface area contributed by atoms with Gasteiger partial charge in [0.15, 0.2) is 11.5 Å². The average Bonchev–Trinajstić information content (AvgIpc) is 3.14. The molecule has 0 saturated heterocycles. The third-order valence-corrected chi connectivity index (χ3v) is 4.69. The quantitative estimate of drug-likeness (QED) is 0.650. The summed E-state index contributed by atoms with van der Waals surface area (Å²) in [5, 5.41) is 7.41. The molecule has 0 spiro atoms. The van der Waals surface area contributed by atoms with E-state index in [1.807, 2.05) is 32.9 Å². The fraction of sp³-hybridized carbons (Fsp3) is 0.300. The summed E-state index contributed by atoms with van der Waals surface area (Å²) in [4.78, 5) is 20.6. The molecule has 0 fully saturated rings. The predicted octanol–water partition coefficient (Wildman–Crippen LogP) is 3.67. The lowest BCUT2D eigenvalue weighted by Gasteiger charge is -2.11. The number of amides is 1. The van der Waals surface area contributed by atoms with Gasteiger partial charge in [0.2, 0.25) is 0 Å². The third-order valence-electron chi connectivity index (χ3n) is 4.09. The number of hydrogen-bond donors (Lipinski definition) is 1. The molecule has 3 rings (SSSR count). The fourth-order valence-electron chi connectivity index (χ4n) is 2.73. The molecule has 0 aliphatic heterocycles. The van der Waals surface area contributed by atoms with Crippen LogP contribution < -0.4 is 10.1 Å². The zero-order valence-electron chi connectivity index (χ0n) is 15.9. The van der Waals surface area contributed by atoms with Gasteiger partial charge in [-0.2, -0.15) is 0 Å². The molecule has 8 heteroatoms. The molecule has 0 unspecified atom stereocenters. The van der Waals surface area contributed by atoms with E-state index < -0.39 is 0 Å². The Balaban J connectivity index is 1.55. The second-order valence-electron chi connectivity index (χ2n) is 6.61. The number of carbonyl (C=O) groups is 1. The van der Waals surface area contributed by atoms with Gasteiger partial charge < -0.3 is 14.6 Å². The van der Waals surface area contributed by atoms with Gasteiger partial charge in [-0.05, 0) is 44.0 Å². The first kappa shape index (κ1) is 19.8. The Morgan fingerprint density at radius 1 is 1.25 bits per heavy atom. The highest BCUT2D eigenvalue weighted by Crippen LogP contribution is 2.26. The summed E-state index contributed by atoms with van der Waals surface area (Å²) in [6, 6.07) is 5.15. The molecule has 0 saturated carbocycles. The van der Waals surface area contributed by atoms with Gasteiger partial charge in [-0.1, -0.05) is 16.8 Å². The SMILES string of the molecule is Cc1cc(OCc2cc(C(=O)N[C@@H](C)Cc3cnccn3)no2)cc(C)c1Cl. The zero-order valence-corrected chi connectivity index (χ0v) is 16.7. The molecule has 2 aromatic heterocycles. The molecule has 28 heavy (non-hydrogen) atoms. The molecule has 0 bridgehead atoms. The minimum Gasteiger partial charge on any atom is -0.486 e. The number of hydrogen-bond acceptors (Lipinski definition) is 6. The molecule has 1 amide bonds. The Labute approximate surface area is 168 Å². The molecule has 1 atom stereocenters. The average molecular weight is 401 g/mol. The van der Waals surface area contributed by atoms with Gasteiger partial charge in [-0.25, -0.2) is 0 Å². The van der Waals surface area contributed by atoms with Crippen LogP contribution in [0.15, 0.2) is 41.3 Å². The van der Waals surface area contributed by atoms with E-state index in [0.29, 0.717) is 17.9 Å². The van der Waals surface area contributed by atoms with Crippen LogP contribution >= 0.6 is 11.6 Å².